The third kappa shape index (κ3) is 4.40. The summed E-state index contributed by atoms with van der Waals surface area (Å²) in [6.07, 6.45) is 9.02. The maximum Gasteiger partial charge on any atom is 0.224 e. The maximum atomic E-state index is 13.4. The molecule has 2 saturated carbocycles. The van der Waals surface area contributed by atoms with Gasteiger partial charge in [0, 0.05) is 30.5 Å². The van der Waals surface area contributed by atoms with E-state index in [4.69, 9.17) is 10.3 Å². The van der Waals surface area contributed by atoms with Gasteiger partial charge in [0.1, 0.15) is 5.82 Å². The number of rotatable bonds is 7. The molecule has 33 heavy (non-hydrogen) atoms. The van der Waals surface area contributed by atoms with Crippen LogP contribution in [0, 0.1) is 29.5 Å². The highest BCUT2D eigenvalue weighted by atomic mass is 19.1. The lowest BCUT2D eigenvalue weighted by Crippen LogP contribution is -2.43. The van der Waals surface area contributed by atoms with Gasteiger partial charge in [-0.1, -0.05) is 17.3 Å². The van der Waals surface area contributed by atoms with Crippen molar-refractivity contribution in [2.24, 2.45) is 29.4 Å². The zero-order chi connectivity index (χ0) is 22.9. The van der Waals surface area contributed by atoms with Gasteiger partial charge in [-0.3, -0.25) is 14.5 Å². The Hall–Kier alpha value is -2.74. The monoisotopic (exact) mass is 454 g/mol. The molecule has 3 N–H and O–H groups in total. The van der Waals surface area contributed by atoms with Gasteiger partial charge in [-0.15, -0.1) is 0 Å². The first-order valence-electron chi connectivity index (χ1n) is 12.0. The Bertz CT molecular complexity index is 1060. The number of carbonyl (C=O) groups is 2. The van der Waals surface area contributed by atoms with Crippen LogP contribution in [0.15, 0.2) is 34.9 Å². The van der Waals surface area contributed by atoms with E-state index >= 15 is 0 Å². The first-order chi connectivity index (χ1) is 16.0. The van der Waals surface area contributed by atoms with Crippen molar-refractivity contribution in [3.05, 3.63) is 41.9 Å². The van der Waals surface area contributed by atoms with Crippen LogP contribution in [-0.4, -0.2) is 48.0 Å². The quantitative estimate of drug-likeness (QED) is 0.627. The van der Waals surface area contributed by atoms with Crippen molar-refractivity contribution in [2.45, 2.75) is 38.0 Å². The van der Waals surface area contributed by atoms with Crippen LogP contribution < -0.4 is 11.1 Å². The maximum absolute atomic E-state index is 13.4. The van der Waals surface area contributed by atoms with Crippen molar-refractivity contribution in [2.75, 3.05) is 26.2 Å². The van der Waals surface area contributed by atoms with Gasteiger partial charge in [0.15, 0.2) is 5.58 Å². The highest BCUT2D eigenvalue weighted by Gasteiger charge is 2.53. The van der Waals surface area contributed by atoms with Crippen molar-refractivity contribution >= 4 is 22.8 Å². The van der Waals surface area contributed by atoms with Crippen molar-refractivity contribution in [3.63, 3.8) is 0 Å². The number of nitrogens with one attached hydrogen (secondary N) is 1. The Morgan fingerprint density at radius 2 is 1.91 bits per heavy atom. The van der Waals surface area contributed by atoms with Crippen LogP contribution in [-0.2, 0) is 9.59 Å². The topological polar surface area (TPSA) is 101 Å². The van der Waals surface area contributed by atoms with Gasteiger partial charge in [0.2, 0.25) is 11.8 Å². The fourth-order valence-corrected chi connectivity index (χ4v) is 6.28. The second-order valence-corrected chi connectivity index (χ2v) is 9.79. The van der Waals surface area contributed by atoms with Crippen LogP contribution in [0.2, 0.25) is 0 Å². The molecule has 0 radical (unpaired) electrons. The van der Waals surface area contributed by atoms with E-state index in [9.17, 15) is 14.0 Å². The number of benzene rings is 1. The molecule has 5 rings (SSSR count). The summed E-state index contributed by atoms with van der Waals surface area (Å²) in [5.41, 5.74) is 7.02. The van der Waals surface area contributed by atoms with Crippen molar-refractivity contribution in [1.29, 1.82) is 0 Å². The van der Waals surface area contributed by atoms with Crippen LogP contribution >= 0.6 is 0 Å². The number of halogens is 1. The van der Waals surface area contributed by atoms with E-state index in [-0.39, 0.29) is 35.4 Å². The molecule has 1 aromatic heterocycles. The average molecular weight is 455 g/mol. The van der Waals surface area contributed by atoms with Gasteiger partial charge < -0.3 is 15.6 Å². The van der Waals surface area contributed by atoms with E-state index in [0.29, 0.717) is 24.0 Å². The zero-order valence-electron chi connectivity index (χ0n) is 18.7. The highest BCUT2D eigenvalue weighted by Crippen LogP contribution is 2.52. The number of hydrogen-bond donors (Lipinski definition) is 2. The fourth-order valence-electron chi connectivity index (χ4n) is 6.28. The molecule has 2 aromatic rings. The Balaban J connectivity index is 1.06. The van der Waals surface area contributed by atoms with Crippen LogP contribution in [0.5, 0.6) is 0 Å². The summed E-state index contributed by atoms with van der Waals surface area (Å²) in [6.45, 7) is 3.19. The van der Waals surface area contributed by atoms with Crippen LogP contribution in [0.25, 0.3) is 11.0 Å². The summed E-state index contributed by atoms with van der Waals surface area (Å²) in [7, 11) is 0. The molecule has 2 amide bonds. The predicted octanol–water partition coefficient (Wildman–Crippen LogP) is 2.97. The van der Waals surface area contributed by atoms with E-state index < -0.39 is 0 Å². The molecule has 1 aromatic carbocycles. The molecular formula is C25H31FN4O3. The second kappa shape index (κ2) is 9.25. The molecule has 4 unspecified atom stereocenters. The Morgan fingerprint density at radius 3 is 2.67 bits per heavy atom. The first-order valence-corrected chi connectivity index (χ1v) is 12.0. The number of nitrogens with zero attached hydrogens (tertiary/aromatic N) is 2. The largest absolute Gasteiger partial charge is 0.369 e. The standard InChI is InChI=1S/C25H31FN4O3/c26-18-5-6-19-20(14-18)33-29-23(19)15-7-11-30(12-8-15)10-2-1-9-28-25(32)22-17-4-3-16(13-17)21(22)24(27)31/h1-2,5-6,14-17,21-22H,3-4,7-13H2,(H2,27,31)(H,28,32)/b2-1+. The summed E-state index contributed by atoms with van der Waals surface area (Å²) < 4.78 is 18.7. The fraction of sp³-hybridized carbons (Fsp3) is 0.560. The number of nitrogens with two attached hydrogens (primary N) is 1. The average Bonchev–Trinajstić information content (AvgIpc) is 3.53. The summed E-state index contributed by atoms with van der Waals surface area (Å²) in [5, 5.41) is 8.09. The van der Waals surface area contributed by atoms with Gasteiger partial charge in [-0.2, -0.15) is 0 Å². The lowest BCUT2D eigenvalue weighted by molar-refractivity contribution is -0.135. The minimum atomic E-state index is -0.327. The van der Waals surface area contributed by atoms with Crippen molar-refractivity contribution in [1.82, 2.24) is 15.4 Å². The third-order valence-corrected chi connectivity index (χ3v) is 7.91. The van der Waals surface area contributed by atoms with E-state index in [1.54, 1.807) is 6.07 Å². The van der Waals surface area contributed by atoms with Gasteiger partial charge in [-0.05, 0) is 69.2 Å². The SMILES string of the molecule is NC(=O)C1C2CCC(C2)C1C(=O)NC/C=C/CN1CCC(c2noc3cc(F)ccc23)CC1. The molecule has 176 valence electrons. The molecule has 1 saturated heterocycles. The molecule has 8 heteroatoms. The number of carbonyl (C=O) groups excluding carboxylic acids is 2. The van der Waals surface area contributed by atoms with E-state index in [0.717, 1.165) is 62.8 Å². The van der Waals surface area contributed by atoms with Gasteiger partial charge in [0.05, 0.1) is 17.5 Å². The number of primary amides is 1. The molecule has 3 aliphatic rings. The normalized spacial score (nSPS) is 28.2. The van der Waals surface area contributed by atoms with E-state index in [1.165, 1.54) is 12.1 Å². The minimum absolute atomic E-state index is 0.0313. The molecule has 7 nitrogen and oxygen atoms in total. The second-order valence-electron chi connectivity index (χ2n) is 9.79. The van der Waals surface area contributed by atoms with Gasteiger partial charge in [0.25, 0.3) is 0 Å². The summed E-state index contributed by atoms with van der Waals surface area (Å²) >= 11 is 0. The summed E-state index contributed by atoms with van der Waals surface area (Å²) in [6, 6.07) is 4.59. The number of piperidine rings is 1. The lowest BCUT2D eigenvalue weighted by Gasteiger charge is -2.30. The van der Waals surface area contributed by atoms with Crippen molar-refractivity contribution < 1.29 is 18.5 Å². The first kappa shape index (κ1) is 22.1. The number of likely N-dealkylation sites (tertiary alicyclic amines) is 1. The lowest BCUT2D eigenvalue weighted by atomic mass is 9.78. The molecule has 2 bridgehead atoms. The van der Waals surface area contributed by atoms with Crippen LogP contribution in [0.1, 0.15) is 43.7 Å². The van der Waals surface area contributed by atoms with E-state index in [2.05, 4.69) is 21.4 Å². The molecule has 0 spiro atoms. The summed E-state index contributed by atoms with van der Waals surface area (Å²) in [5.74, 6) is -0.310. The Labute approximate surface area is 192 Å². The molecular weight excluding hydrogens is 423 g/mol. The number of aromatic nitrogens is 1. The molecule has 4 atom stereocenters. The number of hydrogen-bond acceptors (Lipinski definition) is 5. The molecule has 2 heterocycles. The van der Waals surface area contributed by atoms with Crippen LogP contribution in [0.4, 0.5) is 4.39 Å². The predicted molar refractivity (Wildman–Crippen MR) is 122 cm³/mol. The third-order valence-electron chi connectivity index (χ3n) is 7.91. The number of fused-ring (bicyclic) bond motifs is 3. The highest BCUT2D eigenvalue weighted by molar-refractivity contribution is 5.88. The van der Waals surface area contributed by atoms with Crippen molar-refractivity contribution in [3.8, 4) is 0 Å². The number of amides is 2. The minimum Gasteiger partial charge on any atom is -0.369 e. The summed E-state index contributed by atoms with van der Waals surface area (Å²) in [4.78, 5) is 26.9. The molecule has 1 aliphatic heterocycles. The Kier molecular flexibility index (Phi) is 6.19. The Morgan fingerprint density at radius 1 is 1.15 bits per heavy atom. The molecule has 2 aliphatic carbocycles. The zero-order valence-corrected chi connectivity index (χ0v) is 18.7. The van der Waals surface area contributed by atoms with E-state index in [1.807, 2.05) is 6.08 Å². The van der Waals surface area contributed by atoms with Crippen LogP contribution in [0.3, 0.4) is 0 Å². The smallest absolute Gasteiger partial charge is 0.224 e. The molecule has 3 fully saturated rings. The van der Waals surface area contributed by atoms with Gasteiger partial charge in [-0.25, -0.2) is 4.39 Å². The van der Waals surface area contributed by atoms with Gasteiger partial charge >= 0.3 is 0 Å².